The topological polar surface area (TPSA) is 79.3 Å². The molecule has 0 radical (unpaired) electrons. The van der Waals surface area contributed by atoms with E-state index in [-0.39, 0.29) is 11.4 Å². The molecule has 5 nitrogen and oxygen atoms in total. The first-order chi connectivity index (χ1) is 7.80. The van der Waals surface area contributed by atoms with Gasteiger partial charge in [-0.2, -0.15) is 13.2 Å². The molecule has 0 aliphatic heterocycles. The maximum Gasteiger partial charge on any atom is 0.471 e. The molecule has 17 heavy (non-hydrogen) atoms. The molecule has 1 heterocycles. The molecule has 1 aromatic heterocycles. The van der Waals surface area contributed by atoms with Crippen LogP contribution < -0.4 is 5.32 Å². The van der Waals surface area contributed by atoms with Crippen molar-refractivity contribution in [2.75, 3.05) is 0 Å². The fourth-order valence-electron chi connectivity index (χ4n) is 0.968. The average molecular weight is 248 g/mol. The molecule has 0 aliphatic rings. The van der Waals surface area contributed by atoms with Crippen molar-refractivity contribution < 1.29 is 27.9 Å². The molecule has 0 fully saturated rings. The van der Waals surface area contributed by atoms with Gasteiger partial charge in [0, 0.05) is 0 Å². The van der Waals surface area contributed by atoms with E-state index in [0.717, 1.165) is 0 Å². The first-order valence-corrected chi connectivity index (χ1v) is 4.35. The van der Waals surface area contributed by atoms with Gasteiger partial charge in [-0.1, -0.05) is 6.07 Å². The normalized spacial score (nSPS) is 11.0. The van der Waals surface area contributed by atoms with Crippen LogP contribution in [-0.4, -0.2) is 28.1 Å². The van der Waals surface area contributed by atoms with E-state index in [9.17, 15) is 22.8 Å². The summed E-state index contributed by atoms with van der Waals surface area (Å²) in [4.78, 5) is 24.5. The highest BCUT2D eigenvalue weighted by Gasteiger charge is 2.38. The van der Waals surface area contributed by atoms with Crippen LogP contribution in [0.2, 0.25) is 0 Å². The van der Waals surface area contributed by atoms with E-state index in [4.69, 9.17) is 5.11 Å². The van der Waals surface area contributed by atoms with Crippen molar-refractivity contribution >= 4 is 11.9 Å². The van der Waals surface area contributed by atoms with Crippen molar-refractivity contribution in [2.45, 2.75) is 12.7 Å². The zero-order chi connectivity index (χ0) is 13.1. The lowest BCUT2D eigenvalue weighted by Gasteiger charge is -2.07. The van der Waals surface area contributed by atoms with E-state index in [1.807, 2.05) is 0 Å². The SMILES string of the molecule is O=C(O)c1cccc(CNC(=O)C(F)(F)F)n1. The van der Waals surface area contributed by atoms with Gasteiger partial charge in [-0.15, -0.1) is 0 Å². The summed E-state index contributed by atoms with van der Waals surface area (Å²) in [6.45, 7) is -0.487. The Hall–Kier alpha value is -2.12. The molecule has 8 heteroatoms. The van der Waals surface area contributed by atoms with Crippen molar-refractivity contribution in [1.82, 2.24) is 10.3 Å². The molecule has 0 bridgehead atoms. The van der Waals surface area contributed by atoms with E-state index in [1.165, 1.54) is 18.2 Å². The van der Waals surface area contributed by atoms with Gasteiger partial charge in [-0.3, -0.25) is 4.79 Å². The zero-order valence-corrected chi connectivity index (χ0v) is 8.28. The Morgan fingerprint density at radius 3 is 2.53 bits per heavy atom. The average Bonchev–Trinajstić information content (AvgIpc) is 2.25. The molecule has 0 aromatic carbocycles. The summed E-state index contributed by atoms with van der Waals surface area (Å²) >= 11 is 0. The van der Waals surface area contributed by atoms with Gasteiger partial charge >= 0.3 is 18.1 Å². The van der Waals surface area contributed by atoms with E-state index >= 15 is 0 Å². The van der Waals surface area contributed by atoms with Gasteiger partial charge in [0.25, 0.3) is 0 Å². The fourth-order valence-corrected chi connectivity index (χ4v) is 0.968. The number of pyridine rings is 1. The number of nitrogens with zero attached hydrogens (tertiary/aromatic N) is 1. The van der Waals surface area contributed by atoms with Gasteiger partial charge in [0.2, 0.25) is 0 Å². The number of nitrogens with one attached hydrogen (secondary N) is 1. The number of aromatic nitrogens is 1. The number of halogens is 3. The minimum absolute atomic E-state index is 0.0301. The lowest BCUT2D eigenvalue weighted by molar-refractivity contribution is -0.173. The standard InChI is InChI=1S/C9H7F3N2O3/c10-9(11,12)8(17)13-4-5-2-1-3-6(14-5)7(15)16/h1-3H,4H2,(H,13,17)(H,15,16). The highest BCUT2D eigenvalue weighted by Crippen LogP contribution is 2.14. The van der Waals surface area contributed by atoms with E-state index in [2.05, 4.69) is 4.98 Å². The molecule has 0 saturated heterocycles. The minimum Gasteiger partial charge on any atom is -0.477 e. The first kappa shape index (κ1) is 12.9. The number of hydrogen-bond donors (Lipinski definition) is 2. The Morgan fingerprint density at radius 2 is 2.00 bits per heavy atom. The molecule has 0 aliphatic carbocycles. The summed E-state index contributed by atoms with van der Waals surface area (Å²) in [6, 6.07) is 3.83. The smallest absolute Gasteiger partial charge is 0.471 e. The van der Waals surface area contributed by atoms with Gasteiger partial charge < -0.3 is 10.4 Å². The Labute approximate surface area is 93.3 Å². The number of alkyl halides is 3. The summed E-state index contributed by atoms with van der Waals surface area (Å²) in [5.41, 5.74) is -0.272. The van der Waals surface area contributed by atoms with Gasteiger partial charge in [0.05, 0.1) is 12.2 Å². The van der Waals surface area contributed by atoms with Crippen LogP contribution in [0.4, 0.5) is 13.2 Å². The number of amides is 1. The van der Waals surface area contributed by atoms with Crippen LogP contribution >= 0.6 is 0 Å². The Morgan fingerprint density at radius 1 is 1.35 bits per heavy atom. The van der Waals surface area contributed by atoms with Gasteiger partial charge in [0.1, 0.15) is 5.69 Å². The highest BCUT2D eigenvalue weighted by atomic mass is 19.4. The van der Waals surface area contributed by atoms with Crippen LogP contribution in [-0.2, 0) is 11.3 Å². The van der Waals surface area contributed by atoms with Crippen molar-refractivity contribution in [2.24, 2.45) is 0 Å². The third kappa shape index (κ3) is 3.74. The predicted molar refractivity (Wildman–Crippen MR) is 49.1 cm³/mol. The predicted octanol–water partition coefficient (Wildman–Crippen LogP) is 0.958. The number of carboxylic acid groups (broad SMARTS) is 1. The molecule has 2 N–H and O–H groups in total. The minimum atomic E-state index is -4.97. The van der Waals surface area contributed by atoms with Crippen LogP contribution in [0, 0.1) is 0 Å². The van der Waals surface area contributed by atoms with Gasteiger partial charge in [-0.05, 0) is 12.1 Å². The van der Waals surface area contributed by atoms with E-state index < -0.39 is 24.6 Å². The highest BCUT2D eigenvalue weighted by molar-refractivity contribution is 5.85. The second kappa shape index (κ2) is 4.81. The van der Waals surface area contributed by atoms with E-state index in [1.54, 1.807) is 5.32 Å². The molecule has 1 amide bonds. The fraction of sp³-hybridized carbons (Fsp3) is 0.222. The maximum absolute atomic E-state index is 11.8. The van der Waals surface area contributed by atoms with Gasteiger partial charge in [-0.25, -0.2) is 9.78 Å². The molecular formula is C9H7F3N2O3. The first-order valence-electron chi connectivity index (χ1n) is 4.35. The molecule has 0 spiro atoms. The quantitative estimate of drug-likeness (QED) is 0.834. The van der Waals surface area contributed by atoms with Crippen LogP contribution in [0.25, 0.3) is 0 Å². The van der Waals surface area contributed by atoms with E-state index in [0.29, 0.717) is 0 Å². The third-order valence-corrected chi connectivity index (χ3v) is 1.71. The van der Waals surface area contributed by atoms with Crippen LogP contribution in [0.5, 0.6) is 0 Å². The molecule has 92 valence electrons. The van der Waals surface area contributed by atoms with Crippen molar-refractivity contribution in [1.29, 1.82) is 0 Å². The molecule has 0 atom stereocenters. The second-order valence-corrected chi connectivity index (χ2v) is 3.00. The molecule has 1 rings (SSSR count). The van der Waals surface area contributed by atoms with Gasteiger partial charge in [0.15, 0.2) is 0 Å². The summed E-state index contributed by atoms with van der Waals surface area (Å²) in [6.07, 6.45) is -4.97. The molecule has 0 unspecified atom stereocenters. The van der Waals surface area contributed by atoms with Crippen LogP contribution in [0.3, 0.4) is 0 Å². The largest absolute Gasteiger partial charge is 0.477 e. The summed E-state index contributed by atoms with van der Waals surface area (Å²) in [5.74, 6) is -3.39. The monoisotopic (exact) mass is 248 g/mol. The van der Waals surface area contributed by atoms with Crippen LogP contribution in [0.15, 0.2) is 18.2 Å². The Balaban J connectivity index is 2.67. The Bertz CT molecular complexity index is 445. The van der Waals surface area contributed by atoms with Crippen molar-refractivity contribution in [3.63, 3.8) is 0 Å². The number of aromatic carboxylic acids is 1. The van der Waals surface area contributed by atoms with Crippen molar-refractivity contribution in [3.05, 3.63) is 29.6 Å². The second-order valence-electron chi connectivity index (χ2n) is 3.00. The summed E-state index contributed by atoms with van der Waals surface area (Å²) < 4.78 is 35.5. The number of carbonyl (C=O) groups excluding carboxylic acids is 1. The summed E-state index contributed by atoms with van der Waals surface area (Å²) in [5, 5.41) is 10.2. The number of carbonyl (C=O) groups is 2. The maximum atomic E-state index is 11.8. The number of rotatable bonds is 3. The number of hydrogen-bond acceptors (Lipinski definition) is 3. The van der Waals surface area contributed by atoms with Crippen LogP contribution in [0.1, 0.15) is 16.2 Å². The van der Waals surface area contributed by atoms with Crippen molar-refractivity contribution in [3.8, 4) is 0 Å². The molecule has 0 saturated carbocycles. The zero-order valence-electron chi connectivity index (χ0n) is 8.28. The number of carboxylic acids is 1. The molecule has 1 aromatic rings. The summed E-state index contributed by atoms with van der Waals surface area (Å²) in [7, 11) is 0. The molecular weight excluding hydrogens is 241 g/mol. The lowest BCUT2D eigenvalue weighted by atomic mass is 10.3. The third-order valence-electron chi connectivity index (χ3n) is 1.71. The lowest BCUT2D eigenvalue weighted by Crippen LogP contribution is -2.36. The Kier molecular flexibility index (Phi) is 3.66.